The molecule has 0 fully saturated rings. The lowest BCUT2D eigenvalue weighted by Crippen LogP contribution is -2.01. The summed E-state index contributed by atoms with van der Waals surface area (Å²) in [4.78, 5) is 4.39. The summed E-state index contributed by atoms with van der Waals surface area (Å²) >= 11 is 5.83. The van der Waals surface area contributed by atoms with Gasteiger partial charge in [-0.15, -0.1) is 11.6 Å². The van der Waals surface area contributed by atoms with E-state index in [-0.39, 0.29) is 0 Å². The summed E-state index contributed by atoms with van der Waals surface area (Å²) in [6, 6.07) is 25.7. The highest BCUT2D eigenvalue weighted by Crippen LogP contribution is 2.34. The van der Waals surface area contributed by atoms with Gasteiger partial charge in [-0.05, 0) is 29.3 Å². The third-order valence-corrected chi connectivity index (χ3v) is 4.63. The highest BCUT2D eigenvalue weighted by atomic mass is 35.5. The van der Waals surface area contributed by atoms with E-state index in [4.69, 9.17) is 25.5 Å². The second kappa shape index (κ2) is 9.30. The Balaban J connectivity index is 1.58. The molecule has 0 spiro atoms. The first-order chi connectivity index (χ1) is 14.3. The molecule has 0 amide bonds. The van der Waals surface area contributed by atoms with Gasteiger partial charge >= 0.3 is 0 Å². The number of oxazole rings is 1. The quantitative estimate of drug-likeness (QED) is 0.325. The fourth-order valence-electron chi connectivity index (χ4n) is 2.84. The van der Waals surface area contributed by atoms with E-state index in [0.29, 0.717) is 42.2 Å². The summed E-state index contributed by atoms with van der Waals surface area (Å²) in [5, 5.41) is 0. The molecule has 5 heteroatoms. The summed E-state index contributed by atoms with van der Waals surface area (Å²) in [5.41, 5.74) is 3.66. The second-order valence-electron chi connectivity index (χ2n) is 6.49. The minimum absolute atomic E-state index is 0.305. The molecule has 0 radical (unpaired) electrons. The Labute approximate surface area is 174 Å². The molecule has 29 heavy (non-hydrogen) atoms. The van der Waals surface area contributed by atoms with E-state index in [2.05, 4.69) is 4.98 Å². The van der Waals surface area contributed by atoms with Gasteiger partial charge in [0.15, 0.2) is 11.5 Å². The molecular formula is C24H20ClNO3. The lowest BCUT2D eigenvalue weighted by molar-refractivity contribution is 0.256. The normalized spacial score (nSPS) is 10.7. The highest BCUT2D eigenvalue weighted by Gasteiger charge is 2.13. The molecule has 0 bridgehead atoms. The van der Waals surface area contributed by atoms with Crippen LogP contribution in [0.5, 0.6) is 11.5 Å². The second-order valence-corrected chi connectivity index (χ2v) is 6.75. The van der Waals surface area contributed by atoms with Crippen molar-refractivity contribution < 1.29 is 13.9 Å². The predicted octanol–water partition coefficient (Wildman–Crippen LogP) is 6.24. The van der Waals surface area contributed by atoms with Gasteiger partial charge in [0, 0.05) is 5.56 Å². The third kappa shape index (κ3) is 4.98. The van der Waals surface area contributed by atoms with Gasteiger partial charge in [0.05, 0.1) is 11.6 Å². The Kier molecular flexibility index (Phi) is 6.13. The molecule has 0 unspecified atom stereocenters. The number of hydrogen-bond donors (Lipinski definition) is 0. The topological polar surface area (TPSA) is 44.5 Å². The zero-order chi connectivity index (χ0) is 19.9. The number of rotatable bonds is 8. The molecule has 4 nitrogen and oxygen atoms in total. The van der Waals surface area contributed by atoms with Crippen LogP contribution in [0.4, 0.5) is 0 Å². The SMILES string of the molecule is ClCc1coc(-c2ccc(OCc3ccccc3)c(OCc3ccccc3)c2)n1. The maximum absolute atomic E-state index is 6.09. The zero-order valence-corrected chi connectivity index (χ0v) is 16.5. The van der Waals surface area contributed by atoms with Crippen LogP contribution in [0.25, 0.3) is 11.5 Å². The van der Waals surface area contributed by atoms with Gasteiger partial charge < -0.3 is 13.9 Å². The number of benzene rings is 3. The Morgan fingerprint density at radius 1 is 0.759 bits per heavy atom. The summed E-state index contributed by atoms with van der Waals surface area (Å²) in [7, 11) is 0. The number of ether oxygens (including phenoxy) is 2. The Morgan fingerprint density at radius 2 is 1.38 bits per heavy atom. The van der Waals surface area contributed by atoms with Crippen LogP contribution in [0.15, 0.2) is 89.5 Å². The van der Waals surface area contributed by atoms with Crippen LogP contribution < -0.4 is 9.47 Å². The molecule has 146 valence electrons. The number of hydrogen-bond acceptors (Lipinski definition) is 4. The molecule has 0 atom stereocenters. The van der Waals surface area contributed by atoms with E-state index in [1.165, 1.54) is 0 Å². The molecule has 0 N–H and O–H groups in total. The van der Waals surface area contributed by atoms with Crippen molar-refractivity contribution in [3.05, 3.63) is 102 Å². The van der Waals surface area contributed by atoms with Crippen molar-refractivity contribution >= 4 is 11.6 Å². The lowest BCUT2D eigenvalue weighted by Gasteiger charge is -2.14. The van der Waals surface area contributed by atoms with Crippen molar-refractivity contribution in [2.75, 3.05) is 0 Å². The molecule has 1 aromatic heterocycles. The van der Waals surface area contributed by atoms with Crippen molar-refractivity contribution in [2.45, 2.75) is 19.1 Å². The molecule has 0 aliphatic heterocycles. The average molecular weight is 406 g/mol. The van der Waals surface area contributed by atoms with Crippen molar-refractivity contribution in [1.82, 2.24) is 4.98 Å². The van der Waals surface area contributed by atoms with Crippen molar-refractivity contribution in [1.29, 1.82) is 0 Å². The fourth-order valence-corrected chi connectivity index (χ4v) is 2.97. The van der Waals surface area contributed by atoms with E-state index in [1.54, 1.807) is 6.26 Å². The van der Waals surface area contributed by atoms with Crippen LogP contribution in [0.1, 0.15) is 16.8 Å². The van der Waals surface area contributed by atoms with Gasteiger partial charge in [0.2, 0.25) is 5.89 Å². The molecule has 3 aromatic carbocycles. The Hall–Kier alpha value is -3.24. The Bertz CT molecular complexity index is 1050. The number of nitrogens with zero attached hydrogens (tertiary/aromatic N) is 1. The predicted molar refractivity (Wildman–Crippen MR) is 113 cm³/mol. The van der Waals surface area contributed by atoms with E-state index in [0.717, 1.165) is 16.7 Å². The molecule has 4 rings (SSSR count). The van der Waals surface area contributed by atoms with Crippen LogP contribution in [0.3, 0.4) is 0 Å². The molecular weight excluding hydrogens is 386 g/mol. The largest absolute Gasteiger partial charge is 0.485 e. The van der Waals surface area contributed by atoms with Gasteiger partial charge in [-0.3, -0.25) is 0 Å². The first-order valence-electron chi connectivity index (χ1n) is 9.30. The lowest BCUT2D eigenvalue weighted by atomic mass is 10.2. The van der Waals surface area contributed by atoms with Gasteiger partial charge in [0.1, 0.15) is 19.5 Å². The molecule has 0 saturated carbocycles. The van der Waals surface area contributed by atoms with Crippen molar-refractivity contribution in [2.24, 2.45) is 0 Å². The van der Waals surface area contributed by atoms with E-state index in [9.17, 15) is 0 Å². The zero-order valence-electron chi connectivity index (χ0n) is 15.8. The first kappa shape index (κ1) is 19.1. The number of aromatic nitrogens is 1. The monoisotopic (exact) mass is 405 g/mol. The fraction of sp³-hybridized carbons (Fsp3) is 0.125. The minimum atomic E-state index is 0.305. The van der Waals surface area contributed by atoms with Crippen molar-refractivity contribution in [3.8, 4) is 23.0 Å². The molecule has 0 saturated heterocycles. The van der Waals surface area contributed by atoms with Gasteiger partial charge in [-0.1, -0.05) is 60.7 Å². The standard InChI is InChI=1S/C24H20ClNO3/c25-14-21-17-29-24(26-21)20-11-12-22(27-15-18-7-3-1-4-8-18)23(13-20)28-16-19-9-5-2-6-10-19/h1-13,17H,14-16H2. The highest BCUT2D eigenvalue weighted by molar-refractivity contribution is 6.16. The van der Waals surface area contributed by atoms with Crippen LogP contribution in [-0.2, 0) is 19.1 Å². The van der Waals surface area contributed by atoms with Crippen LogP contribution >= 0.6 is 11.6 Å². The van der Waals surface area contributed by atoms with E-state index in [1.807, 2.05) is 78.9 Å². The molecule has 4 aromatic rings. The summed E-state index contributed by atoms with van der Waals surface area (Å²) < 4.78 is 17.7. The summed E-state index contributed by atoms with van der Waals surface area (Å²) in [6.07, 6.45) is 1.56. The van der Waals surface area contributed by atoms with E-state index < -0.39 is 0 Å². The Morgan fingerprint density at radius 3 is 1.97 bits per heavy atom. The van der Waals surface area contributed by atoms with Gasteiger partial charge in [-0.25, -0.2) is 4.98 Å². The molecule has 1 heterocycles. The van der Waals surface area contributed by atoms with Gasteiger partial charge in [-0.2, -0.15) is 0 Å². The number of halogens is 1. The smallest absolute Gasteiger partial charge is 0.226 e. The summed E-state index contributed by atoms with van der Waals surface area (Å²) in [5.74, 6) is 2.10. The van der Waals surface area contributed by atoms with Crippen LogP contribution in [0, 0.1) is 0 Å². The van der Waals surface area contributed by atoms with Crippen LogP contribution in [0.2, 0.25) is 0 Å². The van der Waals surface area contributed by atoms with Crippen molar-refractivity contribution in [3.63, 3.8) is 0 Å². The van der Waals surface area contributed by atoms with Crippen LogP contribution in [-0.4, -0.2) is 4.98 Å². The molecule has 0 aliphatic rings. The van der Waals surface area contributed by atoms with Gasteiger partial charge in [0.25, 0.3) is 0 Å². The minimum Gasteiger partial charge on any atom is -0.485 e. The first-order valence-corrected chi connectivity index (χ1v) is 9.83. The van der Waals surface area contributed by atoms with E-state index >= 15 is 0 Å². The average Bonchev–Trinajstić information content (AvgIpc) is 3.27. The summed E-state index contributed by atoms with van der Waals surface area (Å²) in [6.45, 7) is 0.891. The number of alkyl halides is 1. The maximum Gasteiger partial charge on any atom is 0.226 e. The molecule has 0 aliphatic carbocycles. The maximum atomic E-state index is 6.09. The third-order valence-electron chi connectivity index (χ3n) is 4.35.